The molecule has 128 valence electrons. The molecule has 1 N–H and O–H groups in total. The summed E-state index contributed by atoms with van der Waals surface area (Å²) in [5.74, 6) is -0.0591. The minimum Gasteiger partial charge on any atom is -0.376 e. The number of nitrogens with one attached hydrogen (secondary N) is 1. The second kappa shape index (κ2) is 7.95. The topological polar surface area (TPSA) is 58.6 Å². The van der Waals surface area contributed by atoms with Gasteiger partial charge in [-0.3, -0.25) is 9.59 Å². The van der Waals surface area contributed by atoms with Crippen LogP contribution in [0.15, 0.2) is 11.6 Å². The summed E-state index contributed by atoms with van der Waals surface area (Å²) >= 11 is 0. The Morgan fingerprint density at radius 1 is 1.35 bits per heavy atom. The summed E-state index contributed by atoms with van der Waals surface area (Å²) in [6.07, 6.45) is 10.8. The number of hydrogen-bond acceptors (Lipinski definition) is 3. The van der Waals surface area contributed by atoms with Crippen LogP contribution in [0, 0.1) is 5.92 Å². The molecule has 3 aliphatic rings. The molecule has 0 bridgehead atoms. The molecule has 2 saturated heterocycles. The van der Waals surface area contributed by atoms with E-state index in [1.807, 2.05) is 4.90 Å². The fraction of sp³-hybridized carbons (Fsp3) is 0.778. The van der Waals surface area contributed by atoms with E-state index in [4.69, 9.17) is 4.74 Å². The van der Waals surface area contributed by atoms with Crippen molar-refractivity contribution in [3.05, 3.63) is 11.6 Å². The summed E-state index contributed by atoms with van der Waals surface area (Å²) in [6.45, 7) is 2.71. The molecule has 2 unspecified atom stereocenters. The molecule has 2 heterocycles. The van der Waals surface area contributed by atoms with Crippen molar-refractivity contribution in [1.82, 2.24) is 10.2 Å². The first-order valence-corrected chi connectivity index (χ1v) is 9.07. The predicted octanol–water partition coefficient (Wildman–Crippen LogP) is 2.02. The van der Waals surface area contributed by atoms with Gasteiger partial charge in [-0.1, -0.05) is 11.6 Å². The molecule has 0 aromatic heterocycles. The lowest BCUT2D eigenvalue weighted by Gasteiger charge is -2.19. The van der Waals surface area contributed by atoms with E-state index in [1.165, 1.54) is 31.3 Å². The monoisotopic (exact) mass is 320 g/mol. The van der Waals surface area contributed by atoms with Crippen LogP contribution in [0.4, 0.5) is 0 Å². The van der Waals surface area contributed by atoms with Crippen molar-refractivity contribution in [2.45, 2.75) is 57.5 Å². The van der Waals surface area contributed by atoms with Gasteiger partial charge in [0.15, 0.2) is 0 Å². The highest BCUT2D eigenvalue weighted by Crippen LogP contribution is 2.23. The number of allylic oxidation sites excluding steroid dienone is 1. The molecule has 0 aromatic rings. The third-order valence-corrected chi connectivity index (χ3v) is 5.20. The van der Waals surface area contributed by atoms with E-state index in [0.29, 0.717) is 19.5 Å². The van der Waals surface area contributed by atoms with Crippen LogP contribution in [0.25, 0.3) is 0 Å². The van der Waals surface area contributed by atoms with E-state index in [-0.39, 0.29) is 23.8 Å². The number of rotatable bonds is 6. The lowest BCUT2D eigenvalue weighted by Crippen LogP contribution is -2.37. The van der Waals surface area contributed by atoms with E-state index < -0.39 is 0 Å². The minimum atomic E-state index is -0.191. The van der Waals surface area contributed by atoms with Crippen LogP contribution in [-0.2, 0) is 14.3 Å². The van der Waals surface area contributed by atoms with Crippen LogP contribution in [-0.4, -0.2) is 49.1 Å². The Morgan fingerprint density at radius 2 is 2.26 bits per heavy atom. The quantitative estimate of drug-likeness (QED) is 0.762. The molecule has 2 atom stereocenters. The summed E-state index contributed by atoms with van der Waals surface area (Å²) in [5, 5.41) is 2.96. The molecule has 2 aliphatic heterocycles. The smallest absolute Gasteiger partial charge is 0.225 e. The van der Waals surface area contributed by atoms with Gasteiger partial charge in [0, 0.05) is 32.7 Å². The number of nitrogens with zero attached hydrogens (tertiary/aromatic N) is 1. The van der Waals surface area contributed by atoms with Gasteiger partial charge in [0.25, 0.3) is 0 Å². The van der Waals surface area contributed by atoms with Crippen LogP contribution in [0.3, 0.4) is 0 Å². The molecule has 5 heteroatoms. The van der Waals surface area contributed by atoms with Gasteiger partial charge in [0.1, 0.15) is 0 Å². The molecule has 0 saturated carbocycles. The number of hydrogen-bond donors (Lipinski definition) is 1. The van der Waals surface area contributed by atoms with Gasteiger partial charge >= 0.3 is 0 Å². The highest BCUT2D eigenvalue weighted by molar-refractivity contribution is 5.89. The van der Waals surface area contributed by atoms with Crippen molar-refractivity contribution in [2.75, 3.05) is 26.2 Å². The molecule has 5 nitrogen and oxygen atoms in total. The molecule has 3 rings (SSSR count). The SMILES string of the molecule is O=C(NCC1CCCO1)C1CC(=O)N(CCC2=CCCCC2)C1. The zero-order valence-electron chi connectivity index (χ0n) is 13.9. The van der Waals surface area contributed by atoms with Crippen molar-refractivity contribution in [3.63, 3.8) is 0 Å². The first kappa shape index (κ1) is 16.5. The van der Waals surface area contributed by atoms with Crippen LogP contribution < -0.4 is 5.32 Å². The van der Waals surface area contributed by atoms with E-state index >= 15 is 0 Å². The highest BCUT2D eigenvalue weighted by Gasteiger charge is 2.34. The van der Waals surface area contributed by atoms with Gasteiger partial charge in [-0.15, -0.1) is 0 Å². The molecule has 0 spiro atoms. The van der Waals surface area contributed by atoms with Gasteiger partial charge in [-0.2, -0.15) is 0 Å². The van der Waals surface area contributed by atoms with Crippen LogP contribution in [0.2, 0.25) is 0 Å². The van der Waals surface area contributed by atoms with E-state index in [1.54, 1.807) is 0 Å². The fourth-order valence-electron chi connectivity index (χ4n) is 3.74. The zero-order valence-corrected chi connectivity index (χ0v) is 13.9. The molecule has 1 aliphatic carbocycles. The van der Waals surface area contributed by atoms with Gasteiger partial charge in [0.05, 0.1) is 12.0 Å². The third kappa shape index (κ3) is 4.56. The summed E-state index contributed by atoms with van der Waals surface area (Å²) in [6, 6.07) is 0. The first-order chi connectivity index (χ1) is 11.2. The summed E-state index contributed by atoms with van der Waals surface area (Å²) in [7, 11) is 0. The lowest BCUT2D eigenvalue weighted by atomic mass is 9.97. The van der Waals surface area contributed by atoms with Crippen LogP contribution >= 0.6 is 0 Å². The Kier molecular flexibility index (Phi) is 5.70. The molecular formula is C18H28N2O3. The second-order valence-electron chi connectivity index (χ2n) is 6.98. The maximum atomic E-state index is 12.2. The van der Waals surface area contributed by atoms with Crippen molar-refractivity contribution >= 4 is 11.8 Å². The van der Waals surface area contributed by atoms with Crippen molar-refractivity contribution in [3.8, 4) is 0 Å². The number of ether oxygens (including phenoxy) is 1. The molecular weight excluding hydrogens is 292 g/mol. The molecule has 2 amide bonds. The molecule has 0 aromatic carbocycles. The maximum absolute atomic E-state index is 12.2. The highest BCUT2D eigenvalue weighted by atomic mass is 16.5. The largest absolute Gasteiger partial charge is 0.376 e. The normalized spacial score (nSPS) is 28.1. The summed E-state index contributed by atoms with van der Waals surface area (Å²) in [5.41, 5.74) is 1.48. The van der Waals surface area contributed by atoms with Crippen molar-refractivity contribution < 1.29 is 14.3 Å². The van der Waals surface area contributed by atoms with E-state index in [9.17, 15) is 9.59 Å². The zero-order chi connectivity index (χ0) is 16.1. The first-order valence-electron chi connectivity index (χ1n) is 9.07. The average molecular weight is 320 g/mol. The number of likely N-dealkylation sites (tertiary alicyclic amines) is 1. The van der Waals surface area contributed by atoms with Crippen LogP contribution in [0.5, 0.6) is 0 Å². The van der Waals surface area contributed by atoms with Gasteiger partial charge in [-0.05, 0) is 44.9 Å². The Bertz CT molecular complexity index is 469. The molecule has 2 fully saturated rings. The Labute approximate surface area is 138 Å². The van der Waals surface area contributed by atoms with Crippen molar-refractivity contribution in [1.29, 1.82) is 0 Å². The number of carbonyl (C=O) groups excluding carboxylic acids is 2. The Morgan fingerprint density at radius 3 is 3.00 bits per heavy atom. The van der Waals surface area contributed by atoms with Crippen molar-refractivity contribution in [2.24, 2.45) is 5.92 Å². The second-order valence-corrected chi connectivity index (χ2v) is 6.98. The lowest BCUT2D eigenvalue weighted by molar-refractivity contribution is -0.129. The standard InChI is InChI=1S/C18H28N2O3/c21-17-11-15(18(22)19-12-16-7-4-10-23-16)13-20(17)9-8-14-5-2-1-3-6-14/h5,15-16H,1-4,6-13H2,(H,19,22). The minimum absolute atomic E-state index is 0.00762. The Hall–Kier alpha value is -1.36. The fourth-order valence-corrected chi connectivity index (χ4v) is 3.74. The Balaban J connectivity index is 1.41. The van der Waals surface area contributed by atoms with Crippen LogP contribution in [0.1, 0.15) is 51.4 Å². The molecule has 23 heavy (non-hydrogen) atoms. The predicted molar refractivity (Wildman–Crippen MR) is 87.8 cm³/mol. The van der Waals surface area contributed by atoms with Gasteiger partial charge < -0.3 is 15.0 Å². The summed E-state index contributed by atoms with van der Waals surface area (Å²) in [4.78, 5) is 26.2. The number of amides is 2. The summed E-state index contributed by atoms with van der Waals surface area (Å²) < 4.78 is 5.52. The number of carbonyl (C=O) groups is 2. The van der Waals surface area contributed by atoms with E-state index in [0.717, 1.165) is 32.4 Å². The molecule has 0 radical (unpaired) electrons. The van der Waals surface area contributed by atoms with Gasteiger partial charge in [0.2, 0.25) is 11.8 Å². The van der Waals surface area contributed by atoms with Gasteiger partial charge in [-0.25, -0.2) is 0 Å². The average Bonchev–Trinajstić information content (AvgIpc) is 3.21. The maximum Gasteiger partial charge on any atom is 0.225 e. The van der Waals surface area contributed by atoms with E-state index in [2.05, 4.69) is 11.4 Å². The third-order valence-electron chi connectivity index (χ3n) is 5.20.